The Balaban J connectivity index is 0.000000131. The van der Waals surface area contributed by atoms with Gasteiger partial charge < -0.3 is 0 Å². The third-order valence-electron chi connectivity index (χ3n) is 3.84. The molecule has 0 unspecified atom stereocenters. The molecular formula is C19H20O. The zero-order chi connectivity index (χ0) is 13.8. The lowest BCUT2D eigenvalue weighted by atomic mass is 10.1. The molecule has 2 aliphatic rings. The molecule has 2 aromatic carbocycles. The molecule has 1 nitrogen and oxygen atoms in total. The second kappa shape index (κ2) is 6.04. The molecule has 2 aliphatic carbocycles. The summed E-state index contributed by atoms with van der Waals surface area (Å²) in [6, 6.07) is 20.8. The smallest absolute Gasteiger partial charge is 0.139 e. The Hall–Kier alpha value is -1.89. The van der Waals surface area contributed by atoms with Crippen molar-refractivity contribution in [2.24, 2.45) is 11.8 Å². The average molecular weight is 264 g/mol. The number of carbonyl (C=O) groups is 1. The molecule has 0 spiro atoms. The molecule has 0 atom stereocenters. The summed E-state index contributed by atoms with van der Waals surface area (Å²) >= 11 is 0. The van der Waals surface area contributed by atoms with Crippen molar-refractivity contribution < 1.29 is 4.79 Å². The Morgan fingerprint density at radius 2 is 1.00 bits per heavy atom. The van der Waals surface area contributed by atoms with Gasteiger partial charge in [-0.15, -0.1) is 0 Å². The fourth-order valence-corrected chi connectivity index (χ4v) is 2.33. The van der Waals surface area contributed by atoms with Gasteiger partial charge in [0.2, 0.25) is 0 Å². The summed E-state index contributed by atoms with van der Waals surface area (Å²) < 4.78 is 0. The highest BCUT2D eigenvalue weighted by Crippen LogP contribution is 2.40. The van der Waals surface area contributed by atoms with E-state index in [1.165, 1.54) is 36.8 Å². The van der Waals surface area contributed by atoms with Gasteiger partial charge in [0.15, 0.2) is 0 Å². The van der Waals surface area contributed by atoms with Crippen molar-refractivity contribution >= 4 is 5.78 Å². The summed E-state index contributed by atoms with van der Waals surface area (Å²) in [4.78, 5) is 11.0. The molecule has 0 N–H and O–H groups in total. The van der Waals surface area contributed by atoms with Crippen molar-refractivity contribution in [1.82, 2.24) is 0 Å². The van der Waals surface area contributed by atoms with E-state index < -0.39 is 0 Å². The van der Waals surface area contributed by atoms with Crippen molar-refractivity contribution in [3.05, 3.63) is 60.7 Å². The first-order valence-corrected chi connectivity index (χ1v) is 7.49. The van der Waals surface area contributed by atoms with E-state index in [4.69, 9.17) is 0 Å². The molecule has 0 aliphatic heterocycles. The Morgan fingerprint density at radius 1 is 0.650 bits per heavy atom. The molecule has 0 aromatic heterocycles. The fourth-order valence-electron chi connectivity index (χ4n) is 2.33. The second-order valence-corrected chi connectivity index (χ2v) is 5.68. The molecular weight excluding hydrogens is 244 g/mol. The Morgan fingerprint density at radius 3 is 1.30 bits per heavy atom. The van der Waals surface area contributed by atoms with Crippen molar-refractivity contribution in [2.45, 2.75) is 25.7 Å². The normalized spacial score (nSPS) is 17.0. The summed E-state index contributed by atoms with van der Waals surface area (Å²) in [7, 11) is 0. The molecule has 2 saturated carbocycles. The lowest BCUT2D eigenvalue weighted by molar-refractivity contribution is -0.121. The van der Waals surface area contributed by atoms with Crippen LogP contribution in [0.5, 0.6) is 0 Å². The van der Waals surface area contributed by atoms with E-state index in [1.807, 2.05) is 12.1 Å². The summed E-state index contributed by atoms with van der Waals surface area (Å²) in [5.41, 5.74) is 2.55. The van der Waals surface area contributed by atoms with Crippen LogP contribution in [0, 0.1) is 11.8 Å². The molecule has 1 heteroatoms. The molecule has 0 saturated heterocycles. The monoisotopic (exact) mass is 264 g/mol. The summed E-state index contributed by atoms with van der Waals surface area (Å²) in [6.07, 6.45) is 4.76. The zero-order valence-corrected chi connectivity index (χ0v) is 11.7. The van der Waals surface area contributed by atoms with E-state index in [1.54, 1.807) is 0 Å². The highest BCUT2D eigenvalue weighted by molar-refractivity contribution is 5.87. The largest absolute Gasteiger partial charge is 0.299 e. The van der Waals surface area contributed by atoms with Crippen LogP contribution < -0.4 is 0 Å². The summed E-state index contributed by atoms with van der Waals surface area (Å²) in [6.45, 7) is 0. The van der Waals surface area contributed by atoms with Gasteiger partial charge in [-0.05, 0) is 36.8 Å². The van der Waals surface area contributed by atoms with E-state index in [2.05, 4.69) is 48.5 Å². The minimum atomic E-state index is 0.516. The lowest BCUT2D eigenvalue weighted by Gasteiger charge is -1.98. The van der Waals surface area contributed by atoms with Crippen LogP contribution in [-0.2, 0) is 4.79 Å². The van der Waals surface area contributed by atoms with Crippen molar-refractivity contribution in [1.29, 1.82) is 0 Å². The molecule has 0 heterocycles. The van der Waals surface area contributed by atoms with Crippen LogP contribution in [0.1, 0.15) is 25.7 Å². The van der Waals surface area contributed by atoms with Crippen LogP contribution in [-0.4, -0.2) is 5.78 Å². The molecule has 2 aromatic rings. The Kier molecular flexibility index (Phi) is 3.96. The van der Waals surface area contributed by atoms with Gasteiger partial charge in [0.05, 0.1) is 0 Å². The lowest BCUT2D eigenvalue weighted by Crippen LogP contribution is -2.01. The SMILES string of the molecule is O=C(C1CC1)C1CC1.c1ccc(-c2ccccc2)cc1. The number of rotatable bonds is 3. The van der Waals surface area contributed by atoms with Crippen LogP contribution >= 0.6 is 0 Å². The first kappa shape index (κ1) is 13.1. The number of ketones is 1. The van der Waals surface area contributed by atoms with E-state index in [0.717, 1.165) is 0 Å². The molecule has 4 rings (SSSR count). The van der Waals surface area contributed by atoms with Gasteiger partial charge in [0.1, 0.15) is 5.78 Å². The number of hydrogen-bond acceptors (Lipinski definition) is 1. The highest BCUT2D eigenvalue weighted by Gasteiger charge is 2.39. The third-order valence-corrected chi connectivity index (χ3v) is 3.84. The minimum absolute atomic E-state index is 0.516. The maximum absolute atomic E-state index is 11.0. The minimum Gasteiger partial charge on any atom is -0.299 e. The summed E-state index contributed by atoms with van der Waals surface area (Å²) in [5, 5.41) is 0. The van der Waals surface area contributed by atoms with Crippen molar-refractivity contribution in [2.75, 3.05) is 0 Å². The molecule has 0 bridgehead atoms. The Labute approximate surface area is 120 Å². The maximum atomic E-state index is 11.0. The van der Waals surface area contributed by atoms with Gasteiger partial charge in [-0.1, -0.05) is 60.7 Å². The fraction of sp³-hybridized carbons (Fsp3) is 0.316. The molecule has 0 radical (unpaired) electrons. The predicted octanol–water partition coefficient (Wildman–Crippen LogP) is 4.73. The second-order valence-electron chi connectivity index (χ2n) is 5.68. The van der Waals surface area contributed by atoms with Gasteiger partial charge >= 0.3 is 0 Å². The Bertz CT molecular complexity index is 499. The van der Waals surface area contributed by atoms with Crippen molar-refractivity contribution in [3.8, 4) is 11.1 Å². The predicted molar refractivity (Wildman–Crippen MR) is 82.3 cm³/mol. The molecule has 102 valence electrons. The quantitative estimate of drug-likeness (QED) is 0.783. The maximum Gasteiger partial charge on any atom is 0.139 e. The standard InChI is InChI=1S/C12H10.C7H10O/c1-3-7-11(8-4-1)12-9-5-2-6-10-12;8-7(5-1-2-5)6-3-4-6/h1-10H;5-6H,1-4H2. The van der Waals surface area contributed by atoms with Gasteiger partial charge in [0.25, 0.3) is 0 Å². The van der Waals surface area contributed by atoms with Crippen LogP contribution in [0.3, 0.4) is 0 Å². The van der Waals surface area contributed by atoms with E-state index >= 15 is 0 Å². The van der Waals surface area contributed by atoms with Crippen LogP contribution in [0.15, 0.2) is 60.7 Å². The van der Waals surface area contributed by atoms with Gasteiger partial charge in [0, 0.05) is 11.8 Å². The van der Waals surface area contributed by atoms with Gasteiger partial charge in [-0.3, -0.25) is 4.79 Å². The molecule has 2 fully saturated rings. The zero-order valence-electron chi connectivity index (χ0n) is 11.7. The first-order chi connectivity index (χ1) is 9.84. The van der Waals surface area contributed by atoms with Gasteiger partial charge in [-0.25, -0.2) is 0 Å². The average Bonchev–Trinajstić information content (AvgIpc) is 3.42. The van der Waals surface area contributed by atoms with E-state index in [-0.39, 0.29) is 0 Å². The van der Waals surface area contributed by atoms with Crippen LogP contribution in [0.4, 0.5) is 0 Å². The van der Waals surface area contributed by atoms with E-state index in [9.17, 15) is 4.79 Å². The first-order valence-electron chi connectivity index (χ1n) is 7.49. The van der Waals surface area contributed by atoms with Crippen LogP contribution in [0.25, 0.3) is 11.1 Å². The van der Waals surface area contributed by atoms with Crippen LogP contribution in [0.2, 0.25) is 0 Å². The number of Topliss-reactive ketones (excluding diaryl/α,β-unsaturated/α-hetero) is 1. The number of carbonyl (C=O) groups excluding carboxylic acids is 1. The molecule has 0 amide bonds. The third kappa shape index (κ3) is 3.57. The van der Waals surface area contributed by atoms with Crippen molar-refractivity contribution in [3.63, 3.8) is 0 Å². The highest BCUT2D eigenvalue weighted by atomic mass is 16.1. The topological polar surface area (TPSA) is 17.1 Å². The number of benzene rings is 2. The van der Waals surface area contributed by atoms with Gasteiger partial charge in [-0.2, -0.15) is 0 Å². The number of hydrogen-bond donors (Lipinski definition) is 0. The van der Waals surface area contributed by atoms with E-state index in [0.29, 0.717) is 17.6 Å². The molecule has 20 heavy (non-hydrogen) atoms. The summed E-state index contributed by atoms with van der Waals surface area (Å²) in [5.74, 6) is 1.61.